The molecule has 2 heteroatoms. The van der Waals surface area contributed by atoms with Gasteiger partial charge in [-0.15, -0.1) is 0 Å². The van der Waals surface area contributed by atoms with Crippen molar-refractivity contribution in [1.29, 1.82) is 0 Å². The van der Waals surface area contributed by atoms with Gasteiger partial charge in [0.25, 0.3) is 0 Å². The molecular formula is C18H29NO. The van der Waals surface area contributed by atoms with Crippen LogP contribution in [0.15, 0.2) is 18.2 Å². The minimum absolute atomic E-state index is 0.407. The second-order valence-electron chi connectivity index (χ2n) is 6.60. The molecule has 0 amide bonds. The summed E-state index contributed by atoms with van der Waals surface area (Å²) in [6, 6.07) is 6.96. The third kappa shape index (κ3) is 4.24. The molecule has 20 heavy (non-hydrogen) atoms. The Morgan fingerprint density at radius 2 is 1.90 bits per heavy atom. The van der Waals surface area contributed by atoms with Crippen molar-refractivity contribution in [2.45, 2.75) is 72.1 Å². The molecule has 1 aliphatic carbocycles. The summed E-state index contributed by atoms with van der Waals surface area (Å²) in [7, 11) is 0. The summed E-state index contributed by atoms with van der Waals surface area (Å²) >= 11 is 0. The molecule has 1 aromatic rings. The van der Waals surface area contributed by atoms with Gasteiger partial charge >= 0.3 is 0 Å². The summed E-state index contributed by atoms with van der Waals surface area (Å²) in [6.45, 7) is 9.75. The second kappa shape index (κ2) is 7.12. The number of nitrogens with one attached hydrogen (secondary N) is 1. The molecule has 0 heterocycles. The van der Waals surface area contributed by atoms with Gasteiger partial charge in [0.1, 0.15) is 5.75 Å². The van der Waals surface area contributed by atoms with Crippen LogP contribution in [0, 0.1) is 12.8 Å². The summed E-state index contributed by atoms with van der Waals surface area (Å²) < 4.78 is 6.36. The Morgan fingerprint density at radius 1 is 1.20 bits per heavy atom. The zero-order valence-electron chi connectivity index (χ0n) is 13.4. The zero-order valence-corrected chi connectivity index (χ0v) is 13.4. The predicted octanol–water partition coefficient (Wildman–Crippen LogP) is 4.45. The van der Waals surface area contributed by atoms with E-state index in [1.54, 1.807) is 0 Å². The average Bonchev–Trinajstić information content (AvgIpc) is 2.41. The first-order chi connectivity index (χ1) is 9.56. The van der Waals surface area contributed by atoms with Gasteiger partial charge in [-0.2, -0.15) is 0 Å². The Bertz CT molecular complexity index is 419. The largest absolute Gasteiger partial charge is 0.490 e. The normalized spacial score (nSPS) is 23.1. The molecule has 1 fully saturated rings. The van der Waals surface area contributed by atoms with Gasteiger partial charge in [0.15, 0.2) is 0 Å². The summed E-state index contributed by atoms with van der Waals surface area (Å²) in [4.78, 5) is 0. The van der Waals surface area contributed by atoms with Crippen molar-refractivity contribution in [3.63, 3.8) is 0 Å². The lowest BCUT2D eigenvalue weighted by atomic mass is 9.89. The fourth-order valence-corrected chi connectivity index (χ4v) is 2.85. The van der Waals surface area contributed by atoms with Crippen LogP contribution in [0.25, 0.3) is 0 Å². The number of benzene rings is 1. The quantitative estimate of drug-likeness (QED) is 0.857. The van der Waals surface area contributed by atoms with E-state index in [4.69, 9.17) is 4.74 Å². The van der Waals surface area contributed by atoms with Crippen LogP contribution in [0.4, 0.5) is 0 Å². The molecule has 1 N–H and O–H groups in total. The van der Waals surface area contributed by atoms with Crippen molar-refractivity contribution in [2.24, 2.45) is 5.92 Å². The van der Waals surface area contributed by atoms with E-state index in [0.717, 1.165) is 18.2 Å². The molecule has 0 aliphatic heterocycles. The number of rotatable bonds is 5. The van der Waals surface area contributed by atoms with Crippen molar-refractivity contribution in [1.82, 2.24) is 5.32 Å². The molecule has 1 aliphatic rings. The van der Waals surface area contributed by atoms with E-state index in [-0.39, 0.29) is 0 Å². The highest BCUT2D eigenvalue weighted by molar-refractivity contribution is 5.41. The topological polar surface area (TPSA) is 21.3 Å². The van der Waals surface area contributed by atoms with Gasteiger partial charge in [-0.1, -0.05) is 39.0 Å². The van der Waals surface area contributed by atoms with Crippen LogP contribution in [-0.4, -0.2) is 12.1 Å². The van der Waals surface area contributed by atoms with Crippen LogP contribution in [-0.2, 0) is 6.54 Å². The fourth-order valence-electron chi connectivity index (χ4n) is 2.85. The van der Waals surface area contributed by atoms with Crippen LogP contribution in [0.3, 0.4) is 0 Å². The summed E-state index contributed by atoms with van der Waals surface area (Å²) in [6.07, 6.45) is 5.41. The van der Waals surface area contributed by atoms with E-state index >= 15 is 0 Å². The maximum atomic E-state index is 6.36. The van der Waals surface area contributed by atoms with E-state index in [1.807, 2.05) is 0 Å². The van der Waals surface area contributed by atoms with E-state index in [1.165, 1.54) is 36.8 Å². The van der Waals surface area contributed by atoms with Gasteiger partial charge in [0.2, 0.25) is 0 Å². The summed E-state index contributed by atoms with van der Waals surface area (Å²) in [5.74, 6) is 1.98. The summed E-state index contributed by atoms with van der Waals surface area (Å²) in [5.41, 5.74) is 2.55. The van der Waals surface area contributed by atoms with Crippen LogP contribution in [0.5, 0.6) is 5.75 Å². The van der Waals surface area contributed by atoms with E-state index < -0.39 is 0 Å². The summed E-state index contributed by atoms with van der Waals surface area (Å²) in [5, 5.41) is 3.49. The molecule has 0 saturated heterocycles. The SMILES string of the molecule is Cc1cccc(CNC(C)C)c1OC1CCC(C)CC1. The van der Waals surface area contributed by atoms with Crippen LogP contribution in [0.2, 0.25) is 0 Å². The Kier molecular flexibility index (Phi) is 5.47. The first-order valence-electron chi connectivity index (χ1n) is 8.04. The van der Waals surface area contributed by atoms with E-state index in [9.17, 15) is 0 Å². The van der Waals surface area contributed by atoms with Crippen LogP contribution >= 0.6 is 0 Å². The van der Waals surface area contributed by atoms with Crippen molar-refractivity contribution in [3.8, 4) is 5.75 Å². The third-order valence-corrected chi connectivity index (χ3v) is 4.24. The van der Waals surface area contributed by atoms with E-state index in [2.05, 4.69) is 51.2 Å². The molecular weight excluding hydrogens is 246 g/mol. The monoisotopic (exact) mass is 275 g/mol. The Hall–Kier alpha value is -1.02. The molecule has 1 saturated carbocycles. The van der Waals surface area contributed by atoms with E-state index in [0.29, 0.717) is 12.1 Å². The highest BCUT2D eigenvalue weighted by atomic mass is 16.5. The number of ether oxygens (including phenoxy) is 1. The maximum absolute atomic E-state index is 6.36. The average molecular weight is 275 g/mol. The molecule has 2 nitrogen and oxygen atoms in total. The molecule has 0 radical (unpaired) electrons. The van der Waals surface area contributed by atoms with Crippen LogP contribution < -0.4 is 10.1 Å². The zero-order chi connectivity index (χ0) is 14.5. The van der Waals surface area contributed by atoms with Crippen molar-refractivity contribution in [2.75, 3.05) is 0 Å². The Labute approximate surface area is 123 Å². The fraction of sp³-hybridized carbons (Fsp3) is 0.667. The molecule has 0 atom stereocenters. The molecule has 0 unspecified atom stereocenters. The number of aryl methyl sites for hydroxylation is 1. The standard InChI is InChI=1S/C18H29NO/c1-13(2)19-12-16-7-5-6-15(4)18(16)20-17-10-8-14(3)9-11-17/h5-7,13-14,17,19H,8-12H2,1-4H3. The lowest BCUT2D eigenvalue weighted by Crippen LogP contribution is -2.25. The molecule has 0 aromatic heterocycles. The third-order valence-electron chi connectivity index (χ3n) is 4.24. The van der Waals surface area contributed by atoms with Crippen molar-refractivity contribution < 1.29 is 4.74 Å². The molecule has 0 spiro atoms. The highest BCUT2D eigenvalue weighted by Gasteiger charge is 2.21. The smallest absolute Gasteiger partial charge is 0.127 e. The molecule has 2 rings (SSSR count). The minimum atomic E-state index is 0.407. The first kappa shape index (κ1) is 15.4. The van der Waals surface area contributed by atoms with Gasteiger partial charge in [-0.25, -0.2) is 0 Å². The Morgan fingerprint density at radius 3 is 2.55 bits per heavy atom. The van der Waals surface area contributed by atoms with Crippen molar-refractivity contribution in [3.05, 3.63) is 29.3 Å². The second-order valence-corrected chi connectivity index (χ2v) is 6.60. The lowest BCUT2D eigenvalue weighted by Gasteiger charge is -2.28. The predicted molar refractivity (Wildman–Crippen MR) is 85.2 cm³/mol. The lowest BCUT2D eigenvalue weighted by molar-refractivity contribution is 0.133. The van der Waals surface area contributed by atoms with Gasteiger partial charge in [-0.3, -0.25) is 0 Å². The molecule has 1 aromatic carbocycles. The number of hydrogen-bond acceptors (Lipinski definition) is 2. The van der Waals surface area contributed by atoms with Gasteiger partial charge in [0, 0.05) is 18.2 Å². The first-order valence-corrected chi connectivity index (χ1v) is 8.04. The van der Waals surface area contributed by atoms with Crippen molar-refractivity contribution >= 4 is 0 Å². The molecule has 112 valence electrons. The van der Waals surface area contributed by atoms with Gasteiger partial charge in [0.05, 0.1) is 6.10 Å². The number of hydrogen-bond donors (Lipinski definition) is 1. The molecule has 0 bridgehead atoms. The minimum Gasteiger partial charge on any atom is -0.490 e. The maximum Gasteiger partial charge on any atom is 0.127 e. The Balaban J connectivity index is 2.05. The van der Waals surface area contributed by atoms with Crippen LogP contribution in [0.1, 0.15) is 57.6 Å². The number of para-hydroxylation sites is 1. The van der Waals surface area contributed by atoms with Gasteiger partial charge in [-0.05, 0) is 44.1 Å². The van der Waals surface area contributed by atoms with Gasteiger partial charge < -0.3 is 10.1 Å². The highest BCUT2D eigenvalue weighted by Crippen LogP contribution is 2.30.